The highest BCUT2D eigenvalue weighted by Crippen LogP contribution is 2.25. The molecule has 10 heteroatoms. The van der Waals surface area contributed by atoms with Crippen LogP contribution in [0.5, 0.6) is 5.75 Å². The summed E-state index contributed by atoms with van der Waals surface area (Å²) in [4.78, 5) is 22.1. The summed E-state index contributed by atoms with van der Waals surface area (Å²) in [7, 11) is -3.66. The van der Waals surface area contributed by atoms with Crippen LogP contribution in [-0.2, 0) is 34.2 Å². The minimum atomic E-state index is -3.66. The first kappa shape index (κ1) is 27.3. The van der Waals surface area contributed by atoms with E-state index in [1.807, 2.05) is 19.1 Å². The Balaban J connectivity index is 1.77. The second kappa shape index (κ2) is 13.1. The van der Waals surface area contributed by atoms with Crippen LogP contribution in [0.1, 0.15) is 30.2 Å². The predicted molar refractivity (Wildman–Crippen MR) is 139 cm³/mol. The van der Waals surface area contributed by atoms with Gasteiger partial charge in [-0.25, -0.2) is 13.4 Å². The molecule has 2 aromatic carbocycles. The molecule has 1 aromatic heterocycles. The molecule has 0 aliphatic heterocycles. The van der Waals surface area contributed by atoms with E-state index in [-0.39, 0.29) is 23.8 Å². The summed E-state index contributed by atoms with van der Waals surface area (Å²) >= 11 is 6.25. The first-order chi connectivity index (χ1) is 17.3. The second-order valence-electron chi connectivity index (χ2n) is 8.08. The first-order valence-electron chi connectivity index (χ1n) is 11.5. The number of hydrogen-bond donors (Lipinski definition) is 2. The zero-order valence-electron chi connectivity index (χ0n) is 20.0. The van der Waals surface area contributed by atoms with Crippen molar-refractivity contribution in [2.75, 3.05) is 19.7 Å². The van der Waals surface area contributed by atoms with E-state index in [1.165, 1.54) is 18.5 Å². The summed E-state index contributed by atoms with van der Waals surface area (Å²) in [6.45, 7) is 3.22. The third-order valence-electron chi connectivity index (χ3n) is 5.35. The average molecular weight is 529 g/mol. The minimum Gasteiger partial charge on any atom is -0.493 e. The van der Waals surface area contributed by atoms with E-state index in [9.17, 15) is 13.2 Å². The van der Waals surface area contributed by atoms with Crippen LogP contribution in [-0.4, -0.2) is 48.9 Å². The number of benzene rings is 2. The Bertz CT molecular complexity index is 1290. The highest BCUT2D eigenvalue weighted by atomic mass is 35.5. The van der Waals surface area contributed by atoms with E-state index in [2.05, 4.69) is 20.6 Å². The molecule has 2 N–H and O–H groups in total. The zero-order valence-corrected chi connectivity index (χ0v) is 21.6. The van der Waals surface area contributed by atoms with Crippen molar-refractivity contribution in [1.82, 2.24) is 19.6 Å². The molecular formula is C26H29ClN4O4S. The summed E-state index contributed by atoms with van der Waals surface area (Å²) < 4.78 is 32.7. The smallest absolute Gasteiger partial charge is 0.241 e. The average Bonchev–Trinajstić information content (AvgIpc) is 3.38. The lowest BCUT2D eigenvalue weighted by Gasteiger charge is -2.24. The molecule has 0 spiro atoms. The molecule has 1 amide bonds. The molecule has 0 atom stereocenters. The van der Waals surface area contributed by atoms with Crippen LogP contribution >= 0.6 is 11.6 Å². The molecule has 0 saturated heterocycles. The van der Waals surface area contributed by atoms with Gasteiger partial charge in [-0.3, -0.25) is 4.79 Å². The SMILES string of the molecule is C#CCNS(=O)(=O)c1ccc(CCN(Cc2cc(Cl)ccc2OCCC)C(=O)Cc2c[nH]cn2)cc1. The van der Waals surface area contributed by atoms with Crippen molar-refractivity contribution in [2.24, 2.45) is 0 Å². The van der Waals surface area contributed by atoms with Gasteiger partial charge in [-0.15, -0.1) is 6.42 Å². The molecule has 0 fully saturated rings. The van der Waals surface area contributed by atoms with E-state index < -0.39 is 10.0 Å². The molecule has 1 heterocycles. The van der Waals surface area contributed by atoms with E-state index in [0.29, 0.717) is 42.6 Å². The number of rotatable bonds is 13. The highest BCUT2D eigenvalue weighted by molar-refractivity contribution is 7.89. The number of H-pyrrole nitrogens is 1. The number of halogens is 1. The maximum Gasteiger partial charge on any atom is 0.241 e. The Kier molecular flexibility index (Phi) is 9.94. The van der Waals surface area contributed by atoms with Gasteiger partial charge in [-0.2, -0.15) is 4.72 Å². The lowest BCUT2D eigenvalue weighted by Crippen LogP contribution is -2.34. The largest absolute Gasteiger partial charge is 0.493 e. The van der Waals surface area contributed by atoms with Gasteiger partial charge >= 0.3 is 0 Å². The zero-order chi connectivity index (χ0) is 26.0. The van der Waals surface area contributed by atoms with Gasteiger partial charge in [0.1, 0.15) is 5.75 Å². The van der Waals surface area contributed by atoms with Crippen LogP contribution in [0.4, 0.5) is 0 Å². The van der Waals surface area contributed by atoms with Crippen LogP contribution in [0.25, 0.3) is 0 Å². The van der Waals surface area contributed by atoms with Crippen molar-refractivity contribution in [3.8, 4) is 18.1 Å². The van der Waals surface area contributed by atoms with Crippen LogP contribution < -0.4 is 9.46 Å². The molecule has 0 aliphatic rings. The summed E-state index contributed by atoms with van der Waals surface area (Å²) in [5.74, 6) is 2.84. The van der Waals surface area contributed by atoms with Crippen molar-refractivity contribution in [2.45, 2.75) is 37.6 Å². The molecule has 0 radical (unpaired) electrons. The molecule has 190 valence electrons. The van der Waals surface area contributed by atoms with Crippen molar-refractivity contribution in [3.63, 3.8) is 0 Å². The number of carbonyl (C=O) groups excluding carboxylic acids is 1. The maximum atomic E-state index is 13.2. The van der Waals surface area contributed by atoms with E-state index in [1.54, 1.807) is 29.3 Å². The third-order valence-corrected chi connectivity index (χ3v) is 7.01. The highest BCUT2D eigenvalue weighted by Gasteiger charge is 2.19. The Hall–Kier alpha value is -3.32. The van der Waals surface area contributed by atoms with Crippen molar-refractivity contribution >= 4 is 27.5 Å². The normalized spacial score (nSPS) is 11.1. The second-order valence-corrected chi connectivity index (χ2v) is 10.3. The molecule has 3 rings (SSSR count). The quantitative estimate of drug-likeness (QED) is 0.330. The number of aromatic amines is 1. The molecule has 0 unspecified atom stereocenters. The number of imidazole rings is 1. The summed E-state index contributed by atoms with van der Waals surface area (Å²) in [6, 6.07) is 11.9. The molecule has 8 nitrogen and oxygen atoms in total. The van der Waals surface area contributed by atoms with Gasteiger partial charge < -0.3 is 14.6 Å². The number of amides is 1. The fourth-order valence-corrected chi connectivity index (χ4v) is 4.62. The van der Waals surface area contributed by atoms with Gasteiger partial charge in [0.25, 0.3) is 0 Å². The number of carbonyl (C=O) groups is 1. The van der Waals surface area contributed by atoms with Gasteiger partial charge in [0.2, 0.25) is 15.9 Å². The topological polar surface area (TPSA) is 104 Å². The van der Waals surface area contributed by atoms with Crippen LogP contribution in [0, 0.1) is 12.3 Å². The minimum absolute atomic E-state index is 0.0788. The number of nitrogens with one attached hydrogen (secondary N) is 2. The standard InChI is InChI=1S/C26H29ClN4O4S/c1-3-12-30-36(33,34)24-8-5-20(6-9-24)11-13-31(26(32)16-23-17-28-19-29-23)18-21-15-22(27)7-10-25(21)35-14-4-2/h1,5-10,15,17,19,30H,4,11-14,16,18H2,2H3,(H,28,29). The van der Waals surface area contributed by atoms with Crippen LogP contribution in [0.3, 0.4) is 0 Å². The molecule has 3 aromatic rings. The van der Waals surface area contributed by atoms with Crippen LogP contribution in [0.2, 0.25) is 5.02 Å². The summed E-state index contributed by atoms with van der Waals surface area (Å²) in [5.41, 5.74) is 2.34. The van der Waals surface area contributed by atoms with Crippen LogP contribution in [0.15, 0.2) is 59.9 Å². The lowest BCUT2D eigenvalue weighted by atomic mass is 10.1. The van der Waals surface area contributed by atoms with Crippen molar-refractivity contribution in [3.05, 3.63) is 76.8 Å². The summed E-state index contributed by atoms with van der Waals surface area (Å²) in [6.07, 6.45) is 9.89. The Labute approximate surface area is 217 Å². The molecule has 0 bridgehead atoms. The number of sulfonamides is 1. The van der Waals surface area contributed by atoms with Gasteiger partial charge in [-0.1, -0.05) is 36.6 Å². The van der Waals surface area contributed by atoms with E-state index >= 15 is 0 Å². The third kappa shape index (κ3) is 7.85. The number of aromatic nitrogens is 2. The number of terminal acetylenes is 1. The summed E-state index contributed by atoms with van der Waals surface area (Å²) in [5, 5.41) is 0.559. The van der Waals surface area contributed by atoms with Gasteiger partial charge in [0.05, 0.1) is 36.5 Å². The predicted octanol–water partition coefficient (Wildman–Crippen LogP) is 3.58. The van der Waals surface area contributed by atoms with Gasteiger partial charge in [0, 0.05) is 29.9 Å². The van der Waals surface area contributed by atoms with E-state index in [4.69, 9.17) is 22.8 Å². The Morgan fingerprint density at radius 1 is 1.25 bits per heavy atom. The first-order valence-corrected chi connectivity index (χ1v) is 13.4. The monoisotopic (exact) mass is 528 g/mol. The van der Waals surface area contributed by atoms with Crippen molar-refractivity contribution in [1.29, 1.82) is 0 Å². The van der Waals surface area contributed by atoms with Crippen molar-refractivity contribution < 1.29 is 17.9 Å². The molecule has 36 heavy (non-hydrogen) atoms. The maximum absolute atomic E-state index is 13.2. The van der Waals surface area contributed by atoms with Gasteiger partial charge in [-0.05, 0) is 48.7 Å². The molecule has 0 saturated carbocycles. The molecular weight excluding hydrogens is 500 g/mol. The number of hydrogen-bond acceptors (Lipinski definition) is 5. The lowest BCUT2D eigenvalue weighted by molar-refractivity contribution is -0.131. The fourth-order valence-electron chi connectivity index (χ4n) is 3.50. The van der Waals surface area contributed by atoms with E-state index in [0.717, 1.165) is 17.5 Å². The fraction of sp³-hybridized carbons (Fsp3) is 0.308. The Morgan fingerprint density at radius 3 is 2.69 bits per heavy atom. The number of ether oxygens (including phenoxy) is 1. The Morgan fingerprint density at radius 2 is 2.03 bits per heavy atom. The van der Waals surface area contributed by atoms with Gasteiger partial charge in [0.15, 0.2) is 0 Å². The molecule has 0 aliphatic carbocycles. The number of nitrogens with zero attached hydrogens (tertiary/aromatic N) is 2.